The quantitative estimate of drug-likeness (QED) is 0.823. The summed E-state index contributed by atoms with van der Waals surface area (Å²) in [5, 5.41) is 12.8. The van der Waals surface area contributed by atoms with Gasteiger partial charge in [-0.05, 0) is 23.3 Å². The van der Waals surface area contributed by atoms with Crippen LogP contribution in [0.1, 0.15) is 27.9 Å². The molecule has 4 nitrogen and oxygen atoms in total. The zero-order valence-electron chi connectivity index (χ0n) is 11.6. The number of β-amino-alcohol motifs (C(OH)–C–C–N with tert-alkyl or cyclic N) is 1. The van der Waals surface area contributed by atoms with Crippen molar-refractivity contribution in [1.29, 1.82) is 0 Å². The van der Waals surface area contributed by atoms with E-state index in [1.807, 2.05) is 6.07 Å². The number of carbonyl (C=O) groups is 1. The molecule has 0 spiro atoms. The summed E-state index contributed by atoms with van der Waals surface area (Å²) in [5.74, 6) is -0.468. The minimum Gasteiger partial charge on any atom is -0.379 e. The van der Waals surface area contributed by atoms with Crippen LogP contribution in [-0.2, 0) is 13.1 Å². The SMILES string of the molecule is Cl.O=C(c1ccc2c(c1)CNC2)N1CCC(O)(C(F)(F)F)C1. The maximum Gasteiger partial charge on any atom is 0.419 e. The van der Waals surface area contributed by atoms with E-state index in [1.54, 1.807) is 12.1 Å². The number of halogens is 4. The Balaban J connectivity index is 0.00000176. The maximum atomic E-state index is 12.8. The molecule has 2 heterocycles. The van der Waals surface area contributed by atoms with Crippen molar-refractivity contribution >= 4 is 18.3 Å². The third kappa shape index (κ3) is 2.80. The van der Waals surface area contributed by atoms with Crippen molar-refractivity contribution in [2.24, 2.45) is 0 Å². The van der Waals surface area contributed by atoms with Crippen LogP contribution in [-0.4, -0.2) is 40.8 Å². The van der Waals surface area contributed by atoms with Crippen molar-refractivity contribution in [3.05, 3.63) is 34.9 Å². The van der Waals surface area contributed by atoms with Crippen molar-refractivity contribution in [1.82, 2.24) is 10.2 Å². The van der Waals surface area contributed by atoms with E-state index in [2.05, 4.69) is 5.32 Å². The van der Waals surface area contributed by atoms with E-state index >= 15 is 0 Å². The van der Waals surface area contributed by atoms with Crippen LogP contribution < -0.4 is 5.32 Å². The Morgan fingerprint density at radius 3 is 2.59 bits per heavy atom. The van der Waals surface area contributed by atoms with Gasteiger partial charge in [0.15, 0.2) is 5.60 Å². The van der Waals surface area contributed by atoms with Crippen molar-refractivity contribution < 1.29 is 23.1 Å². The van der Waals surface area contributed by atoms with E-state index in [1.165, 1.54) is 0 Å². The highest BCUT2D eigenvalue weighted by molar-refractivity contribution is 5.94. The number of rotatable bonds is 1. The number of likely N-dealkylation sites (tertiary alicyclic amines) is 1. The first kappa shape index (κ1) is 17.1. The number of benzene rings is 1. The zero-order chi connectivity index (χ0) is 15.3. The molecule has 22 heavy (non-hydrogen) atoms. The predicted octanol–water partition coefficient (Wildman–Crippen LogP) is 1.85. The van der Waals surface area contributed by atoms with Crippen LogP contribution in [0.3, 0.4) is 0 Å². The normalized spacial score (nSPS) is 24.1. The van der Waals surface area contributed by atoms with Gasteiger partial charge in [-0.3, -0.25) is 4.79 Å². The standard InChI is InChI=1S/C14H15F3N2O2.ClH/c15-14(16,17)13(21)3-4-19(8-13)12(20)9-1-2-10-6-18-7-11(10)5-9;/h1-2,5,18,21H,3-4,6-8H2;1H. The molecule has 2 aliphatic rings. The highest BCUT2D eigenvalue weighted by atomic mass is 35.5. The Labute approximate surface area is 131 Å². The predicted molar refractivity (Wildman–Crippen MR) is 75.8 cm³/mol. The van der Waals surface area contributed by atoms with Gasteiger partial charge in [0.1, 0.15) is 0 Å². The summed E-state index contributed by atoms with van der Waals surface area (Å²) in [6.07, 6.45) is -5.20. The molecule has 0 saturated carbocycles. The Morgan fingerprint density at radius 1 is 1.27 bits per heavy atom. The summed E-state index contributed by atoms with van der Waals surface area (Å²) in [6.45, 7) is 0.596. The Bertz CT molecular complexity index is 594. The fraction of sp³-hybridized carbons (Fsp3) is 0.500. The summed E-state index contributed by atoms with van der Waals surface area (Å²) in [7, 11) is 0. The van der Waals surface area contributed by atoms with Gasteiger partial charge in [-0.1, -0.05) is 6.07 Å². The van der Waals surface area contributed by atoms with Gasteiger partial charge in [-0.25, -0.2) is 0 Å². The van der Waals surface area contributed by atoms with Crippen LogP contribution in [0.25, 0.3) is 0 Å². The second-order valence-electron chi connectivity index (χ2n) is 5.59. The second-order valence-corrected chi connectivity index (χ2v) is 5.59. The van der Waals surface area contributed by atoms with Gasteiger partial charge in [-0.15, -0.1) is 12.4 Å². The number of nitrogens with zero attached hydrogens (tertiary/aromatic N) is 1. The highest BCUT2D eigenvalue weighted by Gasteiger charge is 2.57. The molecule has 3 rings (SSSR count). The number of fused-ring (bicyclic) bond motifs is 1. The third-order valence-corrected chi connectivity index (χ3v) is 4.15. The Kier molecular flexibility index (Phi) is 4.43. The maximum absolute atomic E-state index is 12.8. The van der Waals surface area contributed by atoms with Gasteiger partial charge >= 0.3 is 6.18 Å². The van der Waals surface area contributed by atoms with E-state index in [0.717, 1.165) is 22.6 Å². The monoisotopic (exact) mass is 336 g/mol. The number of carbonyl (C=O) groups excluding carboxylic acids is 1. The fourth-order valence-corrected chi connectivity index (χ4v) is 2.81. The zero-order valence-corrected chi connectivity index (χ0v) is 12.4. The topological polar surface area (TPSA) is 52.6 Å². The molecular formula is C14H16ClF3N2O2. The lowest BCUT2D eigenvalue weighted by Gasteiger charge is -2.26. The summed E-state index contributed by atoms with van der Waals surface area (Å²) < 4.78 is 38.3. The molecule has 1 saturated heterocycles. The number of hydrogen-bond donors (Lipinski definition) is 2. The summed E-state index contributed by atoms with van der Waals surface area (Å²) >= 11 is 0. The molecule has 8 heteroatoms. The smallest absolute Gasteiger partial charge is 0.379 e. The van der Waals surface area contributed by atoms with E-state index in [9.17, 15) is 23.1 Å². The summed E-state index contributed by atoms with van der Waals surface area (Å²) in [6, 6.07) is 5.15. The molecule has 0 radical (unpaired) electrons. The van der Waals surface area contributed by atoms with Gasteiger partial charge in [0.05, 0.1) is 6.54 Å². The summed E-state index contributed by atoms with van der Waals surface area (Å²) in [4.78, 5) is 13.4. The fourth-order valence-electron chi connectivity index (χ4n) is 2.81. The van der Waals surface area contributed by atoms with E-state index < -0.39 is 30.7 Å². The van der Waals surface area contributed by atoms with Gasteiger partial charge in [0.2, 0.25) is 0 Å². The average molecular weight is 337 g/mol. The van der Waals surface area contributed by atoms with Gasteiger partial charge in [0.25, 0.3) is 5.91 Å². The van der Waals surface area contributed by atoms with Crippen molar-refractivity contribution in [3.63, 3.8) is 0 Å². The minimum atomic E-state index is -4.72. The lowest BCUT2D eigenvalue weighted by atomic mass is 10.0. The van der Waals surface area contributed by atoms with Crippen LogP contribution in [0.15, 0.2) is 18.2 Å². The lowest BCUT2D eigenvalue weighted by Crippen LogP contribution is -2.48. The number of hydrogen-bond acceptors (Lipinski definition) is 3. The number of nitrogens with one attached hydrogen (secondary N) is 1. The van der Waals surface area contributed by atoms with Gasteiger partial charge in [0, 0.05) is 31.6 Å². The molecular weight excluding hydrogens is 321 g/mol. The largest absolute Gasteiger partial charge is 0.419 e. The van der Waals surface area contributed by atoms with E-state index in [4.69, 9.17) is 0 Å². The highest BCUT2D eigenvalue weighted by Crippen LogP contribution is 2.38. The first-order valence-electron chi connectivity index (χ1n) is 6.71. The molecule has 1 aromatic rings. The number of amides is 1. The van der Waals surface area contributed by atoms with E-state index in [0.29, 0.717) is 12.1 Å². The molecule has 1 aromatic carbocycles. The Morgan fingerprint density at radius 2 is 1.95 bits per heavy atom. The van der Waals surface area contributed by atoms with Crippen LogP contribution in [0.2, 0.25) is 0 Å². The van der Waals surface area contributed by atoms with Crippen LogP contribution >= 0.6 is 12.4 Å². The lowest BCUT2D eigenvalue weighted by molar-refractivity contribution is -0.253. The molecule has 2 aliphatic heterocycles. The average Bonchev–Trinajstić information content (AvgIpc) is 3.03. The van der Waals surface area contributed by atoms with Crippen LogP contribution in [0.5, 0.6) is 0 Å². The molecule has 1 amide bonds. The third-order valence-electron chi connectivity index (χ3n) is 4.15. The molecule has 122 valence electrons. The van der Waals surface area contributed by atoms with Gasteiger partial charge < -0.3 is 15.3 Å². The molecule has 1 fully saturated rings. The molecule has 0 bridgehead atoms. The molecule has 1 unspecified atom stereocenters. The molecule has 0 aromatic heterocycles. The Hall–Kier alpha value is -1.31. The molecule has 0 aliphatic carbocycles. The first-order chi connectivity index (χ1) is 9.80. The number of aliphatic hydroxyl groups is 1. The number of alkyl halides is 3. The van der Waals surface area contributed by atoms with Gasteiger partial charge in [-0.2, -0.15) is 13.2 Å². The summed E-state index contributed by atoms with van der Waals surface area (Å²) in [5.41, 5.74) is -0.337. The van der Waals surface area contributed by atoms with Crippen LogP contribution in [0, 0.1) is 0 Å². The second kappa shape index (κ2) is 5.72. The molecule has 1 atom stereocenters. The molecule has 2 N–H and O–H groups in total. The van der Waals surface area contributed by atoms with Crippen molar-refractivity contribution in [2.45, 2.75) is 31.3 Å². The van der Waals surface area contributed by atoms with Crippen LogP contribution in [0.4, 0.5) is 13.2 Å². The van der Waals surface area contributed by atoms with Crippen molar-refractivity contribution in [2.75, 3.05) is 13.1 Å². The minimum absolute atomic E-state index is 0. The first-order valence-corrected chi connectivity index (χ1v) is 6.71. The van der Waals surface area contributed by atoms with Crippen molar-refractivity contribution in [3.8, 4) is 0 Å². The van der Waals surface area contributed by atoms with E-state index in [-0.39, 0.29) is 19.0 Å².